The molecule has 0 aliphatic heterocycles. The first kappa shape index (κ1) is 13.9. The van der Waals surface area contributed by atoms with Gasteiger partial charge in [0.15, 0.2) is 0 Å². The van der Waals surface area contributed by atoms with E-state index in [9.17, 15) is 9.18 Å². The molecule has 2 rings (SSSR count). The van der Waals surface area contributed by atoms with E-state index in [1.54, 1.807) is 17.8 Å². The summed E-state index contributed by atoms with van der Waals surface area (Å²) in [5.74, 6) is 0.343. The van der Waals surface area contributed by atoms with Crippen molar-refractivity contribution in [2.75, 3.05) is 5.75 Å². The number of hydrogen-bond acceptors (Lipinski definition) is 2. The molecule has 1 aliphatic rings. The summed E-state index contributed by atoms with van der Waals surface area (Å²) in [6, 6.07) is 4.20. The molecule has 1 saturated carbocycles. The predicted molar refractivity (Wildman–Crippen MR) is 74.8 cm³/mol. The Morgan fingerprint density at radius 2 is 2.11 bits per heavy atom. The lowest BCUT2D eigenvalue weighted by molar-refractivity contribution is -0.116. The van der Waals surface area contributed by atoms with Crippen LogP contribution in [-0.4, -0.2) is 16.8 Å². The third-order valence-electron chi connectivity index (χ3n) is 3.18. The number of thioether (sulfide) groups is 1. The van der Waals surface area contributed by atoms with Gasteiger partial charge in [0.05, 0.1) is 5.75 Å². The van der Waals surface area contributed by atoms with Crippen molar-refractivity contribution >= 4 is 29.1 Å². The van der Waals surface area contributed by atoms with E-state index in [-0.39, 0.29) is 11.6 Å². The normalized spacial score (nSPS) is 16.1. The van der Waals surface area contributed by atoms with Crippen LogP contribution in [0.5, 0.6) is 0 Å². The van der Waals surface area contributed by atoms with Crippen molar-refractivity contribution in [1.82, 2.24) is 0 Å². The molecule has 0 unspecified atom stereocenters. The number of carbonyl (C=O) groups excluding carboxylic acids is 1. The molecule has 0 spiro atoms. The Morgan fingerprint density at radius 1 is 1.39 bits per heavy atom. The molecular formula is C14H16ClFOS. The van der Waals surface area contributed by atoms with Crippen molar-refractivity contribution in [3.05, 3.63) is 34.6 Å². The van der Waals surface area contributed by atoms with E-state index in [2.05, 4.69) is 0 Å². The van der Waals surface area contributed by atoms with Crippen LogP contribution in [0.2, 0.25) is 5.02 Å². The molecule has 98 valence electrons. The fourth-order valence-electron chi connectivity index (χ4n) is 2.19. The maximum atomic E-state index is 12.9. The quantitative estimate of drug-likeness (QED) is 0.804. The van der Waals surface area contributed by atoms with Crippen LogP contribution < -0.4 is 0 Å². The maximum absolute atomic E-state index is 12.9. The zero-order valence-electron chi connectivity index (χ0n) is 10.1. The van der Waals surface area contributed by atoms with Crippen LogP contribution in [0.25, 0.3) is 0 Å². The molecule has 1 aromatic rings. The molecule has 0 amide bonds. The molecule has 1 fully saturated rings. The second-order valence-corrected chi connectivity index (χ2v) is 6.36. The van der Waals surface area contributed by atoms with E-state index in [0.717, 1.165) is 5.56 Å². The van der Waals surface area contributed by atoms with Gasteiger partial charge in [-0.3, -0.25) is 4.79 Å². The molecule has 0 bridgehead atoms. The van der Waals surface area contributed by atoms with Gasteiger partial charge < -0.3 is 0 Å². The highest BCUT2D eigenvalue weighted by Gasteiger charge is 2.17. The van der Waals surface area contributed by atoms with Gasteiger partial charge in [-0.1, -0.05) is 30.5 Å². The van der Waals surface area contributed by atoms with Gasteiger partial charge >= 0.3 is 0 Å². The van der Waals surface area contributed by atoms with E-state index in [4.69, 9.17) is 11.6 Å². The average Bonchev–Trinajstić information content (AvgIpc) is 2.83. The van der Waals surface area contributed by atoms with E-state index in [0.29, 0.717) is 22.4 Å². The summed E-state index contributed by atoms with van der Waals surface area (Å²) >= 11 is 7.66. The Kier molecular flexibility index (Phi) is 5.07. The molecule has 0 radical (unpaired) electrons. The van der Waals surface area contributed by atoms with E-state index in [1.807, 2.05) is 0 Å². The molecule has 1 nitrogen and oxygen atoms in total. The van der Waals surface area contributed by atoms with E-state index >= 15 is 0 Å². The standard InChI is InChI=1S/C14H16ClFOS/c15-14-8-11(16)6-5-10(14)7-12(17)9-18-13-3-1-2-4-13/h5-6,8,13H,1-4,7,9H2. The number of rotatable bonds is 5. The Labute approximate surface area is 116 Å². The number of carbonyl (C=O) groups is 1. The minimum atomic E-state index is -0.364. The fraction of sp³-hybridized carbons (Fsp3) is 0.500. The Hall–Kier alpha value is -0.540. The van der Waals surface area contributed by atoms with Crippen LogP contribution in [-0.2, 0) is 11.2 Å². The molecule has 18 heavy (non-hydrogen) atoms. The summed E-state index contributed by atoms with van der Waals surface area (Å²) in [5.41, 5.74) is 0.718. The van der Waals surface area contributed by atoms with Crippen molar-refractivity contribution in [2.45, 2.75) is 37.4 Å². The van der Waals surface area contributed by atoms with Crippen LogP contribution in [0.15, 0.2) is 18.2 Å². The number of Topliss-reactive ketones (excluding diaryl/α,β-unsaturated/α-hetero) is 1. The van der Waals surface area contributed by atoms with Gasteiger partial charge in [0, 0.05) is 16.7 Å². The van der Waals surface area contributed by atoms with Gasteiger partial charge in [-0.15, -0.1) is 0 Å². The minimum absolute atomic E-state index is 0.167. The molecule has 0 N–H and O–H groups in total. The van der Waals surface area contributed by atoms with Gasteiger partial charge in [-0.25, -0.2) is 4.39 Å². The van der Waals surface area contributed by atoms with Gasteiger partial charge in [0.2, 0.25) is 0 Å². The summed E-state index contributed by atoms with van der Waals surface area (Å²) in [6.07, 6.45) is 5.34. The number of benzene rings is 1. The first-order chi connectivity index (χ1) is 8.65. The van der Waals surface area contributed by atoms with Crippen LogP contribution in [0, 0.1) is 5.82 Å². The third kappa shape index (κ3) is 3.99. The SMILES string of the molecule is O=C(CSC1CCCC1)Cc1ccc(F)cc1Cl. The lowest BCUT2D eigenvalue weighted by Crippen LogP contribution is -2.09. The van der Waals surface area contributed by atoms with Gasteiger partial charge in [-0.2, -0.15) is 11.8 Å². The topological polar surface area (TPSA) is 17.1 Å². The molecule has 0 saturated heterocycles. The molecule has 0 atom stereocenters. The largest absolute Gasteiger partial charge is 0.298 e. The Balaban J connectivity index is 1.82. The average molecular weight is 287 g/mol. The molecule has 1 aromatic carbocycles. The molecule has 1 aliphatic carbocycles. The number of hydrogen-bond donors (Lipinski definition) is 0. The minimum Gasteiger partial charge on any atom is -0.298 e. The molecule has 0 heterocycles. The van der Waals surface area contributed by atoms with E-state index < -0.39 is 0 Å². The monoisotopic (exact) mass is 286 g/mol. The lowest BCUT2D eigenvalue weighted by Gasteiger charge is -2.08. The van der Waals surface area contributed by atoms with Crippen molar-refractivity contribution in [3.63, 3.8) is 0 Å². The summed E-state index contributed by atoms with van der Waals surface area (Å²) in [7, 11) is 0. The van der Waals surface area contributed by atoms with Crippen molar-refractivity contribution in [1.29, 1.82) is 0 Å². The summed E-state index contributed by atoms with van der Waals surface area (Å²) in [4.78, 5) is 11.8. The van der Waals surface area contributed by atoms with E-state index in [1.165, 1.54) is 37.8 Å². The molecule has 4 heteroatoms. The van der Waals surface area contributed by atoms with Crippen molar-refractivity contribution in [3.8, 4) is 0 Å². The number of halogens is 2. The predicted octanol–water partition coefficient (Wildman–Crippen LogP) is 4.27. The summed E-state index contributed by atoms with van der Waals surface area (Å²) in [5, 5.41) is 0.992. The zero-order chi connectivity index (χ0) is 13.0. The first-order valence-electron chi connectivity index (χ1n) is 6.22. The van der Waals surface area contributed by atoms with Crippen LogP contribution in [0.3, 0.4) is 0 Å². The number of ketones is 1. The zero-order valence-corrected chi connectivity index (χ0v) is 11.7. The highest BCUT2D eigenvalue weighted by atomic mass is 35.5. The maximum Gasteiger partial charge on any atom is 0.147 e. The van der Waals surface area contributed by atoms with Crippen LogP contribution in [0.1, 0.15) is 31.2 Å². The first-order valence-corrected chi connectivity index (χ1v) is 7.65. The highest BCUT2D eigenvalue weighted by Crippen LogP contribution is 2.29. The second kappa shape index (κ2) is 6.58. The van der Waals surface area contributed by atoms with Gasteiger partial charge in [0.1, 0.15) is 11.6 Å². The van der Waals surface area contributed by atoms with Gasteiger partial charge in [0.25, 0.3) is 0 Å². The molecule has 0 aromatic heterocycles. The summed E-state index contributed by atoms with van der Waals surface area (Å²) in [6.45, 7) is 0. The summed E-state index contributed by atoms with van der Waals surface area (Å²) < 4.78 is 12.9. The molecular weight excluding hydrogens is 271 g/mol. The highest BCUT2D eigenvalue weighted by molar-refractivity contribution is 8.00. The Morgan fingerprint density at radius 3 is 2.78 bits per heavy atom. The smallest absolute Gasteiger partial charge is 0.147 e. The fourth-order valence-corrected chi connectivity index (χ4v) is 3.62. The van der Waals surface area contributed by atoms with Gasteiger partial charge in [-0.05, 0) is 30.5 Å². The third-order valence-corrected chi connectivity index (χ3v) is 4.97. The van der Waals surface area contributed by atoms with Crippen molar-refractivity contribution in [2.24, 2.45) is 0 Å². The van der Waals surface area contributed by atoms with Crippen LogP contribution >= 0.6 is 23.4 Å². The van der Waals surface area contributed by atoms with Crippen molar-refractivity contribution < 1.29 is 9.18 Å². The second-order valence-electron chi connectivity index (χ2n) is 4.67. The Bertz CT molecular complexity index is 430. The van der Waals surface area contributed by atoms with Crippen LogP contribution in [0.4, 0.5) is 4.39 Å². The lowest BCUT2D eigenvalue weighted by atomic mass is 10.1.